The van der Waals surface area contributed by atoms with E-state index in [9.17, 15) is 0 Å². The SMILES string of the molecule is C#C[CH]C1CC1. The molecule has 0 aromatic carbocycles. The molecule has 1 aliphatic rings. The van der Waals surface area contributed by atoms with Crippen molar-refractivity contribution in [3.8, 4) is 12.3 Å². The minimum atomic E-state index is 0.787. The lowest BCUT2D eigenvalue weighted by atomic mass is 10.3. The fraction of sp³-hybridized carbons (Fsp3) is 0.500. The van der Waals surface area contributed by atoms with Gasteiger partial charge in [-0.3, -0.25) is 0 Å². The summed E-state index contributed by atoms with van der Waals surface area (Å²) in [6.07, 6.45) is 9.54. The lowest BCUT2D eigenvalue weighted by Crippen LogP contribution is -1.66. The van der Waals surface area contributed by atoms with Crippen molar-refractivity contribution in [1.82, 2.24) is 0 Å². The molecule has 0 saturated heterocycles. The predicted octanol–water partition coefficient (Wildman–Crippen LogP) is 1.23. The highest BCUT2D eigenvalue weighted by atomic mass is 14.2. The smallest absolute Gasteiger partial charge is 0.0368 e. The maximum Gasteiger partial charge on any atom is 0.0368 e. The highest BCUT2D eigenvalue weighted by Gasteiger charge is 2.19. The van der Waals surface area contributed by atoms with E-state index in [1.54, 1.807) is 0 Å². The second-order valence-corrected chi connectivity index (χ2v) is 1.67. The van der Waals surface area contributed by atoms with Gasteiger partial charge in [0.05, 0.1) is 0 Å². The molecule has 0 bridgehead atoms. The Kier molecular flexibility index (Phi) is 0.837. The summed E-state index contributed by atoms with van der Waals surface area (Å²) in [6, 6.07) is 0. The maximum absolute atomic E-state index is 4.96. The first kappa shape index (κ1) is 3.74. The standard InChI is InChI=1S/C6H7/c1-2-3-6-4-5-6/h1,3,6H,4-5H2. The van der Waals surface area contributed by atoms with E-state index in [1.807, 2.05) is 6.42 Å². The highest BCUT2D eigenvalue weighted by Crippen LogP contribution is 2.30. The van der Waals surface area contributed by atoms with Gasteiger partial charge in [-0.15, -0.1) is 12.3 Å². The number of hydrogen-bond donors (Lipinski definition) is 0. The van der Waals surface area contributed by atoms with Crippen molar-refractivity contribution >= 4 is 0 Å². The molecule has 0 amide bonds. The maximum atomic E-state index is 4.96. The van der Waals surface area contributed by atoms with Crippen molar-refractivity contribution < 1.29 is 0 Å². The summed E-state index contributed by atoms with van der Waals surface area (Å²) in [5, 5.41) is 0. The number of hydrogen-bond acceptors (Lipinski definition) is 0. The third kappa shape index (κ3) is 0.755. The molecule has 0 heterocycles. The van der Waals surface area contributed by atoms with E-state index < -0.39 is 0 Å². The zero-order chi connectivity index (χ0) is 4.41. The zero-order valence-corrected chi connectivity index (χ0v) is 3.65. The van der Waals surface area contributed by atoms with Crippen LogP contribution in [0.2, 0.25) is 0 Å². The molecule has 0 aromatic heterocycles. The Bertz CT molecular complexity index is 72.5. The van der Waals surface area contributed by atoms with Crippen molar-refractivity contribution in [3.63, 3.8) is 0 Å². The Balaban J connectivity index is 2.05. The van der Waals surface area contributed by atoms with Gasteiger partial charge in [0.1, 0.15) is 0 Å². The summed E-state index contributed by atoms with van der Waals surface area (Å²) >= 11 is 0. The van der Waals surface area contributed by atoms with Crippen molar-refractivity contribution in [3.05, 3.63) is 6.42 Å². The molecule has 6 heavy (non-hydrogen) atoms. The molecule has 1 aliphatic carbocycles. The van der Waals surface area contributed by atoms with Gasteiger partial charge >= 0.3 is 0 Å². The van der Waals surface area contributed by atoms with E-state index in [2.05, 4.69) is 5.92 Å². The van der Waals surface area contributed by atoms with Gasteiger partial charge in [-0.1, -0.05) is 0 Å². The Morgan fingerprint density at radius 1 is 1.67 bits per heavy atom. The van der Waals surface area contributed by atoms with Crippen molar-refractivity contribution in [2.45, 2.75) is 12.8 Å². The molecular formula is C6H7. The monoisotopic (exact) mass is 79.1 g/mol. The molecule has 0 N–H and O–H groups in total. The van der Waals surface area contributed by atoms with E-state index in [1.165, 1.54) is 12.8 Å². The summed E-state index contributed by atoms with van der Waals surface area (Å²) < 4.78 is 0. The van der Waals surface area contributed by atoms with Crippen molar-refractivity contribution in [2.24, 2.45) is 5.92 Å². The van der Waals surface area contributed by atoms with E-state index in [4.69, 9.17) is 6.42 Å². The molecule has 0 spiro atoms. The third-order valence-electron chi connectivity index (χ3n) is 0.954. The van der Waals surface area contributed by atoms with Crippen LogP contribution in [0.25, 0.3) is 0 Å². The molecule has 0 heteroatoms. The van der Waals surface area contributed by atoms with Gasteiger partial charge in [-0.2, -0.15) is 0 Å². The molecular weight excluding hydrogens is 72.1 g/mol. The van der Waals surface area contributed by atoms with Gasteiger partial charge in [0.2, 0.25) is 0 Å². The normalized spacial score (nSPS) is 19.8. The molecule has 1 rings (SSSR count). The topological polar surface area (TPSA) is 0 Å². The van der Waals surface area contributed by atoms with Crippen LogP contribution in [-0.4, -0.2) is 0 Å². The Morgan fingerprint density at radius 3 is 2.50 bits per heavy atom. The van der Waals surface area contributed by atoms with Crippen LogP contribution in [0.1, 0.15) is 12.8 Å². The molecule has 1 fully saturated rings. The number of rotatable bonds is 1. The van der Waals surface area contributed by atoms with E-state index in [0.29, 0.717) is 0 Å². The molecule has 0 aromatic rings. The van der Waals surface area contributed by atoms with Crippen LogP contribution in [0.4, 0.5) is 0 Å². The summed E-state index contributed by atoms with van der Waals surface area (Å²) in [4.78, 5) is 0. The van der Waals surface area contributed by atoms with Crippen LogP contribution >= 0.6 is 0 Å². The second kappa shape index (κ2) is 1.34. The minimum Gasteiger partial charge on any atom is -0.120 e. The van der Waals surface area contributed by atoms with Crippen LogP contribution in [0, 0.1) is 24.7 Å². The average Bonchev–Trinajstić information content (AvgIpc) is 2.21. The van der Waals surface area contributed by atoms with Crippen LogP contribution in [0.5, 0.6) is 0 Å². The van der Waals surface area contributed by atoms with E-state index >= 15 is 0 Å². The van der Waals surface area contributed by atoms with Crippen molar-refractivity contribution in [2.75, 3.05) is 0 Å². The largest absolute Gasteiger partial charge is 0.120 e. The van der Waals surface area contributed by atoms with Gasteiger partial charge in [0.25, 0.3) is 0 Å². The molecule has 0 nitrogen and oxygen atoms in total. The fourth-order valence-corrected chi connectivity index (χ4v) is 0.399. The lowest BCUT2D eigenvalue weighted by molar-refractivity contribution is 1.06. The second-order valence-electron chi connectivity index (χ2n) is 1.67. The quantitative estimate of drug-likeness (QED) is 0.415. The number of terminal acetylenes is 1. The Hall–Kier alpha value is -0.440. The molecule has 1 saturated carbocycles. The van der Waals surface area contributed by atoms with E-state index in [-0.39, 0.29) is 0 Å². The van der Waals surface area contributed by atoms with Gasteiger partial charge in [0, 0.05) is 6.42 Å². The molecule has 31 valence electrons. The van der Waals surface area contributed by atoms with Gasteiger partial charge in [0.15, 0.2) is 0 Å². The lowest BCUT2D eigenvalue weighted by Gasteiger charge is -1.72. The first-order chi connectivity index (χ1) is 2.93. The Labute approximate surface area is 38.6 Å². The van der Waals surface area contributed by atoms with Gasteiger partial charge < -0.3 is 0 Å². The van der Waals surface area contributed by atoms with Crippen LogP contribution in [-0.2, 0) is 0 Å². The summed E-state index contributed by atoms with van der Waals surface area (Å²) in [7, 11) is 0. The first-order valence-electron chi connectivity index (χ1n) is 2.23. The summed E-state index contributed by atoms with van der Waals surface area (Å²) in [6.45, 7) is 0. The van der Waals surface area contributed by atoms with Crippen LogP contribution in [0.3, 0.4) is 0 Å². The van der Waals surface area contributed by atoms with Crippen molar-refractivity contribution in [1.29, 1.82) is 0 Å². The third-order valence-corrected chi connectivity index (χ3v) is 0.954. The first-order valence-corrected chi connectivity index (χ1v) is 2.23. The molecule has 0 unspecified atom stereocenters. The molecule has 1 radical (unpaired) electrons. The average molecular weight is 79.1 g/mol. The summed E-state index contributed by atoms with van der Waals surface area (Å²) in [5.74, 6) is 3.29. The van der Waals surface area contributed by atoms with Crippen LogP contribution in [0.15, 0.2) is 0 Å². The highest BCUT2D eigenvalue weighted by molar-refractivity contribution is 5.08. The Morgan fingerprint density at radius 2 is 2.33 bits per heavy atom. The zero-order valence-electron chi connectivity index (χ0n) is 3.65. The molecule has 0 aliphatic heterocycles. The van der Waals surface area contributed by atoms with Gasteiger partial charge in [-0.05, 0) is 18.8 Å². The van der Waals surface area contributed by atoms with E-state index in [0.717, 1.165) is 5.92 Å². The van der Waals surface area contributed by atoms with Crippen LogP contribution < -0.4 is 0 Å². The molecule has 0 atom stereocenters. The fourth-order valence-electron chi connectivity index (χ4n) is 0.399. The predicted molar refractivity (Wildman–Crippen MR) is 25.9 cm³/mol. The summed E-state index contributed by atoms with van der Waals surface area (Å²) in [5.41, 5.74) is 0. The minimum absolute atomic E-state index is 0.787. The van der Waals surface area contributed by atoms with Gasteiger partial charge in [-0.25, -0.2) is 0 Å².